The van der Waals surface area contributed by atoms with E-state index in [1.165, 1.54) is 58.2 Å². The van der Waals surface area contributed by atoms with Crippen molar-refractivity contribution in [2.45, 2.75) is 51.5 Å². The second-order valence-electron chi connectivity index (χ2n) is 5.99. The molecule has 2 nitrogen and oxygen atoms in total. The van der Waals surface area contributed by atoms with Gasteiger partial charge in [-0.2, -0.15) is 0 Å². The Bertz CT molecular complexity index is 191. The molecule has 0 unspecified atom stereocenters. The topological polar surface area (TPSA) is 15.3 Å². The Morgan fingerprint density at radius 1 is 1.12 bits per heavy atom. The van der Waals surface area contributed by atoms with Crippen molar-refractivity contribution in [3.8, 4) is 0 Å². The van der Waals surface area contributed by atoms with E-state index in [4.69, 9.17) is 0 Å². The minimum Gasteiger partial charge on any atom is -0.314 e. The number of nitrogens with zero attached hydrogens (tertiary/aromatic N) is 1. The molecule has 2 heteroatoms. The van der Waals surface area contributed by atoms with Gasteiger partial charge in [-0.3, -0.25) is 0 Å². The van der Waals surface area contributed by atoms with Crippen molar-refractivity contribution in [3.63, 3.8) is 0 Å². The third-order valence-electron chi connectivity index (χ3n) is 4.67. The molecule has 0 aromatic heterocycles. The molecule has 1 aliphatic heterocycles. The Kier molecular flexibility index (Phi) is 4.66. The number of rotatable bonds is 4. The number of hydrogen-bond acceptors (Lipinski definition) is 2. The lowest BCUT2D eigenvalue weighted by molar-refractivity contribution is 0.208. The van der Waals surface area contributed by atoms with E-state index in [9.17, 15) is 0 Å². The van der Waals surface area contributed by atoms with E-state index in [1.807, 2.05) is 0 Å². The maximum absolute atomic E-state index is 3.79. The fourth-order valence-corrected chi connectivity index (χ4v) is 3.24. The quantitative estimate of drug-likeness (QED) is 0.789. The van der Waals surface area contributed by atoms with Crippen LogP contribution in [0.15, 0.2) is 0 Å². The monoisotopic (exact) mass is 224 g/mol. The number of nitrogens with one attached hydrogen (secondary N) is 1. The molecule has 0 aromatic rings. The summed E-state index contributed by atoms with van der Waals surface area (Å²) >= 11 is 0. The van der Waals surface area contributed by atoms with Gasteiger partial charge in [0.15, 0.2) is 0 Å². The molecule has 2 rings (SSSR count). The van der Waals surface area contributed by atoms with Gasteiger partial charge in [0.1, 0.15) is 0 Å². The zero-order chi connectivity index (χ0) is 11.4. The van der Waals surface area contributed by atoms with Crippen LogP contribution >= 0.6 is 0 Å². The second-order valence-corrected chi connectivity index (χ2v) is 5.99. The molecule has 1 atom stereocenters. The Balaban J connectivity index is 1.62. The van der Waals surface area contributed by atoms with Gasteiger partial charge in [0, 0.05) is 6.04 Å². The van der Waals surface area contributed by atoms with E-state index >= 15 is 0 Å². The van der Waals surface area contributed by atoms with E-state index in [1.54, 1.807) is 0 Å². The van der Waals surface area contributed by atoms with Crippen molar-refractivity contribution < 1.29 is 0 Å². The first-order valence-corrected chi connectivity index (χ1v) is 7.17. The van der Waals surface area contributed by atoms with Crippen LogP contribution in [0.5, 0.6) is 0 Å². The molecule has 1 heterocycles. The molecule has 0 bridgehead atoms. The summed E-state index contributed by atoms with van der Waals surface area (Å²) in [5.74, 6) is 1.89. The molecule has 1 saturated heterocycles. The van der Waals surface area contributed by atoms with Gasteiger partial charge in [-0.15, -0.1) is 0 Å². The molecule has 2 fully saturated rings. The van der Waals surface area contributed by atoms with E-state index in [0.29, 0.717) is 0 Å². The smallest absolute Gasteiger partial charge is 0.00671 e. The lowest BCUT2D eigenvalue weighted by Crippen LogP contribution is -2.39. The average molecular weight is 224 g/mol. The Morgan fingerprint density at radius 2 is 1.75 bits per heavy atom. The van der Waals surface area contributed by atoms with Crippen LogP contribution in [0.4, 0.5) is 0 Å². The van der Waals surface area contributed by atoms with Gasteiger partial charge in [-0.05, 0) is 71.1 Å². The lowest BCUT2D eigenvalue weighted by atomic mass is 9.95. The fourth-order valence-electron chi connectivity index (χ4n) is 3.24. The second kappa shape index (κ2) is 6.02. The van der Waals surface area contributed by atoms with Gasteiger partial charge in [-0.1, -0.05) is 12.8 Å². The first kappa shape index (κ1) is 12.4. The minimum absolute atomic E-state index is 0.752. The number of likely N-dealkylation sites (tertiary alicyclic amines) is 1. The minimum atomic E-state index is 0.752. The highest BCUT2D eigenvalue weighted by Crippen LogP contribution is 2.27. The zero-order valence-corrected chi connectivity index (χ0v) is 11.0. The SMILES string of the molecule is C[C@H](NCC1CCN(C)CC1)C1CCCC1. The van der Waals surface area contributed by atoms with Gasteiger partial charge in [0.05, 0.1) is 0 Å². The normalized spacial score (nSPS) is 27.4. The maximum Gasteiger partial charge on any atom is 0.00671 e. The van der Waals surface area contributed by atoms with Gasteiger partial charge in [0.25, 0.3) is 0 Å². The standard InChI is InChI=1S/C14H28N2/c1-12(14-5-3-4-6-14)15-11-13-7-9-16(2)10-8-13/h12-15H,3-11H2,1-2H3/t12-/m0/s1. The molecular formula is C14H28N2. The molecule has 2 aliphatic rings. The highest BCUT2D eigenvalue weighted by atomic mass is 15.1. The third-order valence-corrected chi connectivity index (χ3v) is 4.67. The maximum atomic E-state index is 3.79. The van der Waals surface area contributed by atoms with E-state index in [-0.39, 0.29) is 0 Å². The highest BCUT2D eigenvalue weighted by molar-refractivity contribution is 4.79. The summed E-state index contributed by atoms with van der Waals surface area (Å²) in [5, 5.41) is 3.79. The molecule has 16 heavy (non-hydrogen) atoms. The first-order chi connectivity index (χ1) is 7.75. The number of piperidine rings is 1. The van der Waals surface area contributed by atoms with E-state index in [2.05, 4.69) is 24.2 Å². The van der Waals surface area contributed by atoms with Gasteiger partial charge >= 0.3 is 0 Å². The van der Waals surface area contributed by atoms with Gasteiger partial charge in [-0.25, -0.2) is 0 Å². The third kappa shape index (κ3) is 3.46. The van der Waals surface area contributed by atoms with Crippen LogP contribution in [-0.2, 0) is 0 Å². The summed E-state index contributed by atoms with van der Waals surface area (Å²) in [6.45, 7) is 6.24. The van der Waals surface area contributed by atoms with Crippen LogP contribution in [0.3, 0.4) is 0 Å². The van der Waals surface area contributed by atoms with E-state index in [0.717, 1.165) is 17.9 Å². The Hall–Kier alpha value is -0.0800. The van der Waals surface area contributed by atoms with Crippen molar-refractivity contribution in [2.75, 3.05) is 26.7 Å². The molecular weight excluding hydrogens is 196 g/mol. The van der Waals surface area contributed by atoms with Crippen molar-refractivity contribution in [1.29, 1.82) is 0 Å². The molecule has 1 aliphatic carbocycles. The predicted octanol–water partition coefficient (Wildman–Crippen LogP) is 2.50. The van der Waals surface area contributed by atoms with Crippen LogP contribution in [0, 0.1) is 11.8 Å². The molecule has 1 saturated carbocycles. The number of hydrogen-bond donors (Lipinski definition) is 1. The van der Waals surface area contributed by atoms with Crippen LogP contribution in [0.1, 0.15) is 45.4 Å². The molecule has 94 valence electrons. The summed E-state index contributed by atoms with van der Waals surface area (Å²) in [7, 11) is 2.24. The molecule has 0 amide bonds. The highest BCUT2D eigenvalue weighted by Gasteiger charge is 2.22. The van der Waals surface area contributed by atoms with Crippen LogP contribution in [0.25, 0.3) is 0 Å². The van der Waals surface area contributed by atoms with Crippen LogP contribution < -0.4 is 5.32 Å². The van der Waals surface area contributed by atoms with Gasteiger partial charge in [0.2, 0.25) is 0 Å². The lowest BCUT2D eigenvalue weighted by Gasteiger charge is -2.30. The molecule has 0 radical (unpaired) electrons. The van der Waals surface area contributed by atoms with Crippen molar-refractivity contribution in [3.05, 3.63) is 0 Å². The molecule has 1 N–H and O–H groups in total. The largest absolute Gasteiger partial charge is 0.314 e. The summed E-state index contributed by atoms with van der Waals surface area (Å²) in [6.07, 6.45) is 8.63. The van der Waals surface area contributed by atoms with Crippen molar-refractivity contribution in [2.24, 2.45) is 11.8 Å². The first-order valence-electron chi connectivity index (χ1n) is 7.17. The Labute approximate surface area is 101 Å². The summed E-state index contributed by atoms with van der Waals surface area (Å²) in [4.78, 5) is 2.46. The average Bonchev–Trinajstić information content (AvgIpc) is 2.81. The zero-order valence-electron chi connectivity index (χ0n) is 11.0. The van der Waals surface area contributed by atoms with E-state index < -0.39 is 0 Å². The molecule has 0 spiro atoms. The summed E-state index contributed by atoms with van der Waals surface area (Å²) in [5.41, 5.74) is 0. The van der Waals surface area contributed by atoms with Crippen molar-refractivity contribution in [1.82, 2.24) is 10.2 Å². The molecule has 0 aromatic carbocycles. The van der Waals surface area contributed by atoms with Crippen molar-refractivity contribution >= 4 is 0 Å². The fraction of sp³-hybridized carbons (Fsp3) is 1.00. The Morgan fingerprint density at radius 3 is 2.38 bits per heavy atom. The van der Waals surface area contributed by atoms with Gasteiger partial charge < -0.3 is 10.2 Å². The predicted molar refractivity (Wildman–Crippen MR) is 69.6 cm³/mol. The summed E-state index contributed by atoms with van der Waals surface area (Å²) in [6, 6.07) is 0.752. The van der Waals surface area contributed by atoms with Crippen LogP contribution in [0.2, 0.25) is 0 Å². The summed E-state index contributed by atoms with van der Waals surface area (Å²) < 4.78 is 0. The van der Waals surface area contributed by atoms with Crippen LogP contribution in [-0.4, -0.2) is 37.6 Å².